The summed E-state index contributed by atoms with van der Waals surface area (Å²) in [5.41, 5.74) is 0. The molecule has 0 spiro atoms. The van der Waals surface area contributed by atoms with Crippen LogP contribution in [0.15, 0.2) is 0 Å². The second-order valence-corrected chi connectivity index (χ2v) is 7.73. The second-order valence-electron chi connectivity index (χ2n) is 5.93. The normalized spacial score (nSPS) is 33.5. The number of nitrogens with zero attached hydrogens (tertiary/aromatic N) is 1. The Labute approximate surface area is 109 Å². The third-order valence-corrected chi connectivity index (χ3v) is 5.36. The Morgan fingerprint density at radius 3 is 2.76 bits per heavy atom. The van der Waals surface area contributed by atoms with Crippen LogP contribution in [0, 0.1) is 11.8 Å². The Morgan fingerprint density at radius 1 is 1.35 bits per heavy atom. The zero-order chi connectivity index (χ0) is 12.5. The molecule has 2 saturated heterocycles. The van der Waals surface area contributed by atoms with Crippen LogP contribution < -0.4 is 5.32 Å². The zero-order valence-corrected chi connectivity index (χ0v) is 12.0. The van der Waals surface area contributed by atoms with Gasteiger partial charge in [-0.3, -0.25) is 4.79 Å². The van der Waals surface area contributed by atoms with Gasteiger partial charge in [-0.2, -0.15) is 11.8 Å². The maximum atomic E-state index is 12.5. The lowest BCUT2D eigenvalue weighted by molar-refractivity contribution is -0.135. The molecule has 2 aliphatic heterocycles. The Morgan fingerprint density at radius 2 is 2.12 bits per heavy atom. The first kappa shape index (κ1) is 13.2. The molecule has 0 saturated carbocycles. The van der Waals surface area contributed by atoms with Gasteiger partial charge in [0.2, 0.25) is 5.91 Å². The molecule has 3 nitrogen and oxygen atoms in total. The van der Waals surface area contributed by atoms with Gasteiger partial charge in [-0.25, -0.2) is 0 Å². The molecule has 1 amide bonds. The molecule has 2 atom stereocenters. The van der Waals surface area contributed by atoms with E-state index < -0.39 is 0 Å². The summed E-state index contributed by atoms with van der Waals surface area (Å²) in [6.45, 7) is 10.5. The molecule has 2 rings (SSSR count). The second kappa shape index (κ2) is 5.19. The van der Waals surface area contributed by atoms with Crippen molar-refractivity contribution in [2.45, 2.75) is 31.9 Å². The van der Waals surface area contributed by atoms with Crippen LogP contribution in [0.25, 0.3) is 0 Å². The van der Waals surface area contributed by atoms with E-state index in [1.54, 1.807) is 0 Å². The van der Waals surface area contributed by atoms with Gasteiger partial charge >= 0.3 is 0 Å². The van der Waals surface area contributed by atoms with E-state index in [0.29, 0.717) is 16.6 Å². The van der Waals surface area contributed by atoms with Crippen molar-refractivity contribution in [1.82, 2.24) is 10.2 Å². The van der Waals surface area contributed by atoms with Crippen molar-refractivity contribution in [3.05, 3.63) is 0 Å². The molecule has 0 aromatic rings. The van der Waals surface area contributed by atoms with Crippen LogP contribution in [0.2, 0.25) is 0 Å². The van der Waals surface area contributed by atoms with Crippen molar-refractivity contribution in [1.29, 1.82) is 0 Å². The molecule has 98 valence electrons. The van der Waals surface area contributed by atoms with Gasteiger partial charge in [-0.1, -0.05) is 20.8 Å². The molecule has 0 radical (unpaired) electrons. The van der Waals surface area contributed by atoms with Gasteiger partial charge in [0.25, 0.3) is 0 Å². The predicted molar refractivity (Wildman–Crippen MR) is 73.3 cm³/mol. The molecule has 4 heteroatoms. The van der Waals surface area contributed by atoms with E-state index in [9.17, 15) is 4.79 Å². The summed E-state index contributed by atoms with van der Waals surface area (Å²) in [6, 6.07) is 0. The average molecular weight is 256 g/mol. The topological polar surface area (TPSA) is 32.3 Å². The fourth-order valence-electron chi connectivity index (χ4n) is 2.62. The number of carbonyl (C=O) groups is 1. The maximum Gasteiger partial charge on any atom is 0.227 e. The molecule has 17 heavy (non-hydrogen) atoms. The first-order chi connectivity index (χ1) is 7.99. The zero-order valence-electron chi connectivity index (χ0n) is 11.2. The molecule has 0 aliphatic carbocycles. The van der Waals surface area contributed by atoms with E-state index in [0.717, 1.165) is 38.4 Å². The molecular formula is C13H24N2OS. The highest BCUT2D eigenvalue weighted by atomic mass is 32.2. The Kier molecular flexibility index (Phi) is 4.03. The van der Waals surface area contributed by atoms with Gasteiger partial charge in [-0.05, 0) is 18.9 Å². The number of rotatable bonds is 1. The SMILES string of the molecule is C[C@@H]1CNC[C@H]1C(=O)N1CCSC(C)(C)CC1. The number of hydrogen-bond acceptors (Lipinski definition) is 3. The highest BCUT2D eigenvalue weighted by Crippen LogP contribution is 2.31. The minimum atomic E-state index is 0.209. The number of amides is 1. The quantitative estimate of drug-likeness (QED) is 0.773. The highest BCUT2D eigenvalue weighted by molar-refractivity contribution is 8.00. The summed E-state index contributed by atoms with van der Waals surface area (Å²) in [5, 5.41) is 3.32. The van der Waals surface area contributed by atoms with Crippen molar-refractivity contribution in [3.8, 4) is 0 Å². The fourth-order valence-corrected chi connectivity index (χ4v) is 3.72. The lowest BCUT2D eigenvalue weighted by Gasteiger charge is -2.26. The van der Waals surface area contributed by atoms with Crippen molar-refractivity contribution in [2.24, 2.45) is 11.8 Å². The molecule has 2 aliphatic rings. The summed E-state index contributed by atoms with van der Waals surface area (Å²) in [6.07, 6.45) is 1.11. The summed E-state index contributed by atoms with van der Waals surface area (Å²) in [7, 11) is 0. The standard InChI is InChI=1S/C13H24N2OS/c1-10-8-14-9-11(10)12(16)15-5-4-13(2,3)17-7-6-15/h10-11,14H,4-9H2,1-3H3/t10-,11-/m1/s1. The lowest BCUT2D eigenvalue weighted by atomic mass is 9.96. The van der Waals surface area contributed by atoms with Crippen LogP contribution >= 0.6 is 11.8 Å². The van der Waals surface area contributed by atoms with E-state index >= 15 is 0 Å². The largest absolute Gasteiger partial charge is 0.342 e. The number of carbonyl (C=O) groups excluding carboxylic acids is 1. The molecule has 0 unspecified atom stereocenters. The Bertz CT molecular complexity index is 293. The third-order valence-electron chi connectivity index (χ3n) is 3.98. The molecule has 2 heterocycles. The van der Waals surface area contributed by atoms with E-state index in [-0.39, 0.29) is 5.92 Å². The van der Waals surface area contributed by atoms with Crippen molar-refractivity contribution in [2.75, 3.05) is 31.9 Å². The Hall–Kier alpha value is -0.220. The maximum absolute atomic E-state index is 12.5. The highest BCUT2D eigenvalue weighted by Gasteiger charge is 2.34. The lowest BCUT2D eigenvalue weighted by Crippen LogP contribution is -2.40. The number of nitrogens with one attached hydrogen (secondary N) is 1. The summed E-state index contributed by atoms with van der Waals surface area (Å²) < 4.78 is 0.328. The van der Waals surface area contributed by atoms with Gasteiger partial charge in [-0.15, -0.1) is 0 Å². The van der Waals surface area contributed by atoms with Crippen LogP contribution in [-0.2, 0) is 4.79 Å². The van der Waals surface area contributed by atoms with Crippen LogP contribution in [0.4, 0.5) is 0 Å². The molecule has 0 aromatic heterocycles. The fraction of sp³-hybridized carbons (Fsp3) is 0.923. The van der Waals surface area contributed by atoms with Gasteiger partial charge in [0.05, 0.1) is 5.92 Å². The first-order valence-electron chi connectivity index (χ1n) is 6.63. The van der Waals surface area contributed by atoms with Crippen LogP contribution in [0.1, 0.15) is 27.2 Å². The summed E-state index contributed by atoms with van der Waals surface area (Å²) >= 11 is 2.00. The molecule has 1 N–H and O–H groups in total. The van der Waals surface area contributed by atoms with Crippen LogP contribution in [-0.4, -0.2) is 47.5 Å². The number of hydrogen-bond donors (Lipinski definition) is 1. The number of thioether (sulfide) groups is 1. The van der Waals surface area contributed by atoms with E-state index in [4.69, 9.17) is 0 Å². The van der Waals surface area contributed by atoms with E-state index in [1.165, 1.54) is 0 Å². The Balaban J connectivity index is 1.95. The van der Waals surface area contributed by atoms with Gasteiger partial charge in [0.1, 0.15) is 0 Å². The third kappa shape index (κ3) is 3.16. The molecule has 0 aromatic carbocycles. The van der Waals surface area contributed by atoms with Gasteiger partial charge in [0.15, 0.2) is 0 Å². The summed E-state index contributed by atoms with van der Waals surface area (Å²) in [5.74, 6) is 2.15. The smallest absolute Gasteiger partial charge is 0.227 e. The molecule has 2 fully saturated rings. The van der Waals surface area contributed by atoms with E-state index in [1.807, 2.05) is 11.8 Å². The minimum absolute atomic E-state index is 0.209. The van der Waals surface area contributed by atoms with Crippen LogP contribution in [0.5, 0.6) is 0 Å². The monoisotopic (exact) mass is 256 g/mol. The van der Waals surface area contributed by atoms with Gasteiger partial charge < -0.3 is 10.2 Å². The van der Waals surface area contributed by atoms with Crippen molar-refractivity contribution in [3.63, 3.8) is 0 Å². The predicted octanol–water partition coefficient (Wildman–Crippen LogP) is 1.59. The molecular weight excluding hydrogens is 232 g/mol. The van der Waals surface area contributed by atoms with E-state index in [2.05, 4.69) is 31.0 Å². The van der Waals surface area contributed by atoms with Gasteiger partial charge in [0, 0.05) is 30.1 Å². The van der Waals surface area contributed by atoms with Crippen LogP contribution in [0.3, 0.4) is 0 Å². The van der Waals surface area contributed by atoms with Crippen molar-refractivity contribution >= 4 is 17.7 Å². The van der Waals surface area contributed by atoms with Crippen molar-refractivity contribution < 1.29 is 4.79 Å². The first-order valence-corrected chi connectivity index (χ1v) is 7.62. The molecule has 0 bridgehead atoms. The average Bonchev–Trinajstić information content (AvgIpc) is 2.59. The minimum Gasteiger partial charge on any atom is -0.342 e. The summed E-state index contributed by atoms with van der Waals surface area (Å²) in [4.78, 5) is 14.5.